The lowest BCUT2D eigenvalue weighted by Crippen LogP contribution is -2.16. The molecule has 1 aliphatic rings. The number of nitrogens with zero attached hydrogens (tertiary/aromatic N) is 2. The highest BCUT2D eigenvalue weighted by Crippen LogP contribution is 2.53. The van der Waals surface area contributed by atoms with Crippen molar-refractivity contribution in [3.05, 3.63) is 181 Å². The van der Waals surface area contributed by atoms with Gasteiger partial charge < -0.3 is 9.47 Å². The van der Waals surface area contributed by atoms with E-state index in [2.05, 4.69) is 193 Å². The summed E-state index contributed by atoms with van der Waals surface area (Å²) in [5, 5.41) is 2.56. The zero-order valence-electron chi connectivity index (χ0n) is 26.6. The van der Waals surface area contributed by atoms with E-state index in [1.165, 1.54) is 60.9 Å². The fourth-order valence-corrected chi connectivity index (χ4v) is 7.77. The minimum Gasteiger partial charge on any atom is -0.310 e. The van der Waals surface area contributed by atoms with Crippen molar-refractivity contribution in [3.63, 3.8) is 0 Å². The molecule has 0 saturated carbocycles. The number of anilines is 3. The summed E-state index contributed by atoms with van der Waals surface area (Å²) in [7, 11) is 0. The molecule has 224 valence electrons. The summed E-state index contributed by atoms with van der Waals surface area (Å²) in [6.45, 7) is 4.74. The van der Waals surface area contributed by atoms with Crippen molar-refractivity contribution < 1.29 is 0 Å². The molecule has 1 aromatic heterocycles. The molecule has 0 saturated heterocycles. The molecule has 1 heterocycles. The van der Waals surface area contributed by atoms with Crippen LogP contribution in [0.2, 0.25) is 0 Å². The van der Waals surface area contributed by atoms with Gasteiger partial charge in [0, 0.05) is 38.9 Å². The first-order chi connectivity index (χ1) is 23.1. The monoisotopic (exact) mass is 602 g/mol. The normalized spacial score (nSPS) is 13.1. The Labute approximate surface area is 275 Å². The number of rotatable bonds is 5. The van der Waals surface area contributed by atoms with Crippen LogP contribution in [0.15, 0.2) is 170 Å². The van der Waals surface area contributed by atoms with Gasteiger partial charge in [-0.2, -0.15) is 0 Å². The molecule has 0 spiro atoms. The number of hydrogen-bond donors (Lipinski definition) is 0. The van der Waals surface area contributed by atoms with Crippen LogP contribution in [0.25, 0.3) is 49.7 Å². The Balaban J connectivity index is 1.20. The molecule has 0 unspecified atom stereocenters. The van der Waals surface area contributed by atoms with E-state index in [9.17, 15) is 0 Å². The van der Waals surface area contributed by atoms with Crippen LogP contribution in [0.5, 0.6) is 0 Å². The summed E-state index contributed by atoms with van der Waals surface area (Å²) in [6.07, 6.45) is 0. The zero-order valence-corrected chi connectivity index (χ0v) is 26.6. The first kappa shape index (κ1) is 27.5. The molecule has 47 heavy (non-hydrogen) atoms. The molecule has 1 aliphatic carbocycles. The lowest BCUT2D eigenvalue weighted by atomic mass is 9.81. The van der Waals surface area contributed by atoms with Gasteiger partial charge in [0.1, 0.15) is 0 Å². The largest absolute Gasteiger partial charge is 0.310 e. The lowest BCUT2D eigenvalue weighted by Gasteiger charge is -2.28. The van der Waals surface area contributed by atoms with Gasteiger partial charge in [-0.25, -0.2) is 0 Å². The lowest BCUT2D eigenvalue weighted by molar-refractivity contribution is 0.660. The Kier molecular flexibility index (Phi) is 6.20. The van der Waals surface area contributed by atoms with Crippen LogP contribution in [0.1, 0.15) is 25.0 Å². The number of fused-ring (bicyclic) bond motifs is 6. The van der Waals surface area contributed by atoms with Gasteiger partial charge in [0.25, 0.3) is 0 Å². The minimum absolute atomic E-state index is 0.153. The van der Waals surface area contributed by atoms with Crippen LogP contribution >= 0.6 is 0 Å². The second kappa shape index (κ2) is 10.6. The van der Waals surface area contributed by atoms with Crippen molar-refractivity contribution >= 4 is 38.9 Å². The minimum atomic E-state index is -0.153. The number of para-hydroxylation sites is 4. The molecule has 0 aliphatic heterocycles. The fourth-order valence-electron chi connectivity index (χ4n) is 7.77. The molecule has 0 amide bonds. The van der Waals surface area contributed by atoms with Crippen molar-refractivity contribution in [3.8, 4) is 27.9 Å². The third-order valence-electron chi connectivity index (χ3n) is 9.97. The molecule has 8 aromatic rings. The smallest absolute Gasteiger partial charge is 0.0541 e. The SMILES string of the molecule is CC1(C)c2cc(N(c3ccccc3)c3ccccc3)ccc2-c2c(-c3cccc(-n4c5ccccc5c5ccccc54)c3)cccc21. The molecule has 0 N–H and O–H groups in total. The molecular weight excluding hydrogens is 569 g/mol. The third-order valence-corrected chi connectivity index (χ3v) is 9.97. The van der Waals surface area contributed by atoms with E-state index < -0.39 is 0 Å². The Morgan fingerprint density at radius 1 is 0.447 bits per heavy atom. The quantitative estimate of drug-likeness (QED) is 0.190. The van der Waals surface area contributed by atoms with Gasteiger partial charge in [0.05, 0.1) is 11.0 Å². The van der Waals surface area contributed by atoms with Gasteiger partial charge in [-0.15, -0.1) is 0 Å². The van der Waals surface area contributed by atoms with Crippen LogP contribution in [-0.2, 0) is 5.41 Å². The van der Waals surface area contributed by atoms with E-state index >= 15 is 0 Å². The molecule has 2 heteroatoms. The second-order valence-electron chi connectivity index (χ2n) is 13.0. The van der Waals surface area contributed by atoms with Crippen LogP contribution in [0.3, 0.4) is 0 Å². The molecule has 2 nitrogen and oxygen atoms in total. The first-order valence-electron chi connectivity index (χ1n) is 16.4. The van der Waals surface area contributed by atoms with Crippen molar-refractivity contribution in [1.82, 2.24) is 4.57 Å². The third kappa shape index (κ3) is 4.26. The highest BCUT2D eigenvalue weighted by Gasteiger charge is 2.37. The number of hydrogen-bond acceptors (Lipinski definition) is 1. The van der Waals surface area contributed by atoms with Crippen LogP contribution in [-0.4, -0.2) is 4.57 Å². The Hall–Kier alpha value is -5.86. The number of benzene rings is 7. The average molecular weight is 603 g/mol. The van der Waals surface area contributed by atoms with E-state index in [1.54, 1.807) is 0 Å². The van der Waals surface area contributed by atoms with E-state index in [0.717, 1.165) is 17.1 Å². The maximum absolute atomic E-state index is 2.41. The topological polar surface area (TPSA) is 8.17 Å². The van der Waals surface area contributed by atoms with Gasteiger partial charge >= 0.3 is 0 Å². The first-order valence-corrected chi connectivity index (χ1v) is 16.4. The van der Waals surface area contributed by atoms with E-state index in [0.29, 0.717) is 0 Å². The second-order valence-corrected chi connectivity index (χ2v) is 13.0. The maximum Gasteiger partial charge on any atom is 0.0541 e. The standard InChI is InChI=1S/C45H34N2/c1-45(2)40-24-14-23-36(31-15-13-20-34(29-31)47-42-25-11-9-21-37(42)38-22-10-12-26-43(38)47)44(40)39-28-27-35(30-41(39)45)46(32-16-5-3-6-17-32)33-18-7-4-8-19-33/h3-30H,1-2H3. The van der Waals surface area contributed by atoms with E-state index in [-0.39, 0.29) is 5.41 Å². The average Bonchev–Trinajstić information content (AvgIpc) is 3.58. The summed E-state index contributed by atoms with van der Waals surface area (Å²) in [6, 6.07) is 61.7. The fraction of sp³-hybridized carbons (Fsp3) is 0.0667. The van der Waals surface area contributed by atoms with Gasteiger partial charge in [-0.3, -0.25) is 0 Å². The summed E-state index contributed by atoms with van der Waals surface area (Å²) in [4.78, 5) is 2.36. The molecule has 0 bridgehead atoms. The highest BCUT2D eigenvalue weighted by molar-refractivity contribution is 6.09. The predicted octanol–water partition coefficient (Wildman–Crippen LogP) is 12.2. The zero-order chi connectivity index (χ0) is 31.5. The Morgan fingerprint density at radius 2 is 1.04 bits per heavy atom. The molecule has 0 radical (unpaired) electrons. The van der Waals surface area contributed by atoms with Gasteiger partial charge in [0.2, 0.25) is 0 Å². The Bertz CT molecular complexity index is 2340. The van der Waals surface area contributed by atoms with Crippen LogP contribution in [0.4, 0.5) is 17.1 Å². The van der Waals surface area contributed by atoms with Gasteiger partial charge in [-0.05, 0) is 94.0 Å². The molecule has 9 rings (SSSR count). The summed E-state index contributed by atoms with van der Waals surface area (Å²) >= 11 is 0. The molecule has 0 fully saturated rings. The molecular formula is C45H34N2. The van der Waals surface area contributed by atoms with Crippen molar-refractivity contribution in [2.45, 2.75) is 19.3 Å². The van der Waals surface area contributed by atoms with Crippen molar-refractivity contribution in [1.29, 1.82) is 0 Å². The summed E-state index contributed by atoms with van der Waals surface area (Å²) in [5.74, 6) is 0. The Morgan fingerprint density at radius 3 is 1.70 bits per heavy atom. The maximum atomic E-state index is 2.41. The molecule has 0 atom stereocenters. The predicted molar refractivity (Wildman–Crippen MR) is 198 cm³/mol. The van der Waals surface area contributed by atoms with Gasteiger partial charge in [0.15, 0.2) is 0 Å². The van der Waals surface area contributed by atoms with Crippen molar-refractivity contribution in [2.75, 3.05) is 4.90 Å². The van der Waals surface area contributed by atoms with Crippen LogP contribution < -0.4 is 4.90 Å². The highest BCUT2D eigenvalue weighted by atomic mass is 15.1. The molecule has 7 aromatic carbocycles. The number of aromatic nitrogens is 1. The van der Waals surface area contributed by atoms with Crippen LogP contribution in [0, 0.1) is 0 Å². The van der Waals surface area contributed by atoms with E-state index in [4.69, 9.17) is 0 Å². The van der Waals surface area contributed by atoms with E-state index in [1.807, 2.05) is 0 Å². The van der Waals surface area contributed by atoms with Gasteiger partial charge in [-0.1, -0.05) is 123 Å². The summed E-state index contributed by atoms with van der Waals surface area (Å²) < 4.78 is 2.41. The summed E-state index contributed by atoms with van der Waals surface area (Å²) in [5.41, 5.74) is 14.8. The van der Waals surface area contributed by atoms with Crippen molar-refractivity contribution in [2.24, 2.45) is 0 Å².